The lowest BCUT2D eigenvalue weighted by Crippen LogP contribution is -2.35. The van der Waals surface area contributed by atoms with Crippen molar-refractivity contribution in [3.63, 3.8) is 0 Å². The van der Waals surface area contributed by atoms with Gasteiger partial charge in [-0.25, -0.2) is 4.68 Å². The molecule has 102 valence electrons. The van der Waals surface area contributed by atoms with Crippen LogP contribution in [-0.4, -0.2) is 25.6 Å². The van der Waals surface area contributed by atoms with Gasteiger partial charge in [-0.1, -0.05) is 17.3 Å². The molecular weight excluding hydrogens is 240 g/mol. The fraction of sp³-hybridized carbons (Fsp3) is 0.429. The highest BCUT2D eigenvalue weighted by molar-refractivity contribution is 5.33. The van der Waals surface area contributed by atoms with Crippen molar-refractivity contribution in [3.8, 4) is 5.69 Å². The Labute approximate surface area is 113 Å². The van der Waals surface area contributed by atoms with E-state index in [4.69, 9.17) is 5.11 Å². The Balaban J connectivity index is 2.06. The Kier molecular flexibility index (Phi) is 3.97. The van der Waals surface area contributed by atoms with Crippen molar-refractivity contribution in [2.24, 2.45) is 0 Å². The molecule has 5 nitrogen and oxygen atoms in total. The van der Waals surface area contributed by atoms with E-state index >= 15 is 0 Å². The number of nitrogens with zero attached hydrogens (tertiary/aromatic N) is 3. The van der Waals surface area contributed by atoms with E-state index in [0.717, 1.165) is 12.2 Å². The number of rotatable bonds is 4. The fourth-order valence-electron chi connectivity index (χ4n) is 1.63. The second kappa shape index (κ2) is 5.50. The molecule has 0 amide bonds. The minimum atomic E-state index is -0.0897. The molecule has 1 heterocycles. The summed E-state index contributed by atoms with van der Waals surface area (Å²) in [6.45, 7) is 7.18. The third-order valence-corrected chi connectivity index (χ3v) is 2.73. The second-order valence-electron chi connectivity index (χ2n) is 5.58. The van der Waals surface area contributed by atoms with Crippen LogP contribution in [0.2, 0.25) is 0 Å². The molecule has 0 saturated heterocycles. The Morgan fingerprint density at radius 2 is 1.89 bits per heavy atom. The predicted octanol–water partition coefficient (Wildman–Crippen LogP) is 1.65. The molecule has 19 heavy (non-hydrogen) atoms. The number of benzene rings is 1. The number of nitrogens with one attached hydrogen (secondary N) is 1. The van der Waals surface area contributed by atoms with E-state index in [1.807, 2.05) is 12.1 Å². The summed E-state index contributed by atoms with van der Waals surface area (Å²) < 4.78 is 1.66. The van der Waals surface area contributed by atoms with Crippen LogP contribution >= 0.6 is 0 Å². The van der Waals surface area contributed by atoms with Crippen molar-refractivity contribution in [2.45, 2.75) is 39.5 Å². The number of hydrogen-bond donors (Lipinski definition) is 2. The lowest BCUT2D eigenvalue weighted by Gasteiger charge is -2.20. The Bertz CT molecular complexity index is 525. The molecule has 2 N–H and O–H groups in total. The van der Waals surface area contributed by atoms with Crippen LogP contribution < -0.4 is 5.32 Å². The van der Waals surface area contributed by atoms with Crippen molar-refractivity contribution >= 4 is 0 Å². The highest BCUT2D eigenvalue weighted by atomic mass is 16.3. The molecular formula is C14H20N4O. The third kappa shape index (κ3) is 3.87. The smallest absolute Gasteiger partial charge is 0.109 e. The maximum atomic E-state index is 8.96. The summed E-state index contributed by atoms with van der Waals surface area (Å²) in [5, 5.41) is 20.2. The first-order valence-electron chi connectivity index (χ1n) is 6.34. The van der Waals surface area contributed by atoms with E-state index in [2.05, 4.69) is 48.5 Å². The molecule has 0 unspecified atom stereocenters. The average molecular weight is 260 g/mol. The van der Waals surface area contributed by atoms with Gasteiger partial charge >= 0.3 is 0 Å². The Morgan fingerprint density at radius 3 is 2.42 bits per heavy atom. The molecule has 2 aromatic rings. The van der Waals surface area contributed by atoms with Gasteiger partial charge in [0, 0.05) is 12.1 Å². The quantitative estimate of drug-likeness (QED) is 0.877. The SMILES string of the molecule is CC(C)(C)NCc1ccc(-n2cc(CO)nn2)cc1. The van der Waals surface area contributed by atoms with Crippen LogP contribution in [0.1, 0.15) is 32.0 Å². The van der Waals surface area contributed by atoms with Crippen molar-refractivity contribution < 1.29 is 5.11 Å². The van der Waals surface area contributed by atoms with E-state index in [-0.39, 0.29) is 12.1 Å². The van der Waals surface area contributed by atoms with Crippen LogP contribution in [0.15, 0.2) is 30.5 Å². The molecule has 0 fully saturated rings. The maximum absolute atomic E-state index is 8.96. The van der Waals surface area contributed by atoms with E-state index in [1.54, 1.807) is 10.9 Å². The standard InChI is InChI=1S/C14H20N4O/c1-14(2,3)15-8-11-4-6-13(7-5-11)18-9-12(10-19)16-17-18/h4-7,9,15,19H,8,10H2,1-3H3. The number of aliphatic hydroxyl groups is 1. The Hall–Kier alpha value is -1.72. The van der Waals surface area contributed by atoms with Gasteiger partial charge in [-0.3, -0.25) is 0 Å². The molecule has 0 saturated carbocycles. The average Bonchev–Trinajstić information content (AvgIpc) is 2.85. The van der Waals surface area contributed by atoms with Gasteiger partial charge < -0.3 is 10.4 Å². The van der Waals surface area contributed by atoms with Crippen LogP contribution in [0, 0.1) is 0 Å². The molecule has 5 heteroatoms. The number of aliphatic hydroxyl groups excluding tert-OH is 1. The first-order chi connectivity index (χ1) is 8.98. The molecule has 0 aliphatic rings. The first-order valence-corrected chi connectivity index (χ1v) is 6.34. The molecule has 1 aromatic carbocycles. The van der Waals surface area contributed by atoms with Gasteiger partial charge in [0.2, 0.25) is 0 Å². The zero-order valence-electron chi connectivity index (χ0n) is 11.6. The van der Waals surface area contributed by atoms with Gasteiger partial charge in [0.1, 0.15) is 5.69 Å². The van der Waals surface area contributed by atoms with Gasteiger partial charge in [-0.15, -0.1) is 5.10 Å². The van der Waals surface area contributed by atoms with Crippen LogP contribution in [0.4, 0.5) is 0 Å². The minimum absolute atomic E-state index is 0.0897. The normalized spacial score (nSPS) is 11.8. The van der Waals surface area contributed by atoms with Crippen molar-refractivity contribution in [1.29, 1.82) is 0 Å². The molecule has 0 aliphatic carbocycles. The molecule has 0 radical (unpaired) electrons. The summed E-state index contributed by atoms with van der Waals surface area (Å²) in [5.41, 5.74) is 2.84. The predicted molar refractivity (Wildman–Crippen MR) is 73.9 cm³/mol. The van der Waals surface area contributed by atoms with Crippen LogP contribution in [-0.2, 0) is 13.2 Å². The zero-order chi connectivity index (χ0) is 13.9. The molecule has 1 aromatic heterocycles. The second-order valence-corrected chi connectivity index (χ2v) is 5.58. The lowest BCUT2D eigenvalue weighted by molar-refractivity contribution is 0.276. The summed E-state index contributed by atoms with van der Waals surface area (Å²) in [4.78, 5) is 0. The van der Waals surface area contributed by atoms with Crippen molar-refractivity contribution in [1.82, 2.24) is 20.3 Å². The van der Waals surface area contributed by atoms with Gasteiger partial charge in [0.25, 0.3) is 0 Å². The summed E-state index contributed by atoms with van der Waals surface area (Å²) in [6, 6.07) is 8.12. The Morgan fingerprint density at radius 1 is 1.21 bits per heavy atom. The maximum Gasteiger partial charge on any atom is 0.109 e. The summed E-state index contributed by atoms with van der Waals surface area (Å²) in [5.74, 6) is 0. The minimum Gasteiger partial charge on any atom is -0.390 e. The third-order valence-electron chi connectivity index (χ3n) is 2.73. The lowest BCUT2D eigenvalue weighted by atomic mass is 10.1. The van der Waals surface area contributed by atoms with Crippen LogP contribution in [0.5, 0.6) is 0 Å². The van der Waals surface area contributed by atoms with Gasteiger partial charge in [-0.05, 0) is 38.5 Å². The van der Waals surface area contributed by atoms with Crippen molar-refractivity contribution in [2.75, 3.05) is 0 Å². The molecule has 0 spiro atoms. The zero-order valence-corrected chi connectivity index (χ0v) is 11.6. The van der Waals surface area contributed by atoms with Gasteiger partial charge in [0.05, 0.1) is 18.5 Å². The van der Waals surface area contributed by atoms with Crippen molar-refractivity contribution in [3.05, 3.63) is 41.7 Å². The fourth-order valence-corrected chi connectivity index (χ4v) is 1.63. The van der Waals surface area contributed by atoms with E-state index < -0.39 is 0 Å². The molecule has 0 atom stereocenters. The monoisotopic (exact) mass is 260 g/mol. The summed E-state index contributed by atoms with van der Waals surface area (Å²) in [7, 11) is 0. The topological polar surface area (TPSA) is 63.0 Å². The van der Waals surface area contributed by atoms with E-state index in [1.165, 1.54) is 5.56 Å². The highest BCUT2D eigenvalue weighted by Crippen LogP contribution is 2.10. The van der Waals surface area contributed by atoms with E-state index in [9.17, 15) is 0 Å². The van der Waals surface area contributed by atoms with Gasteiger partial charge in [0.15, 0.2) is 0 Å². The van der Waals surface area contributed by atoms with Crippen LogP contribution in [0.3, 0.4) is 0 Å². The van der Waals surface area contributed by atoms with Gasteiger partial charge in [-0.2, -0.15) is 0 Å². The molecule has 2 rings (SSSR count). The molecule has 0 bridgehead atoms. The van der Waals surface area contributed by atoms with E-state index in [0.29, 0.717) is 5.69 Å². The first kappa shape index (κ1) is 13.7. The largest absolute Gasteiger partial charge is 0.390 e. The summed E-state index contributed by atoms with van der Waals surface area (Å²) >= 11 is 0. The highest BCUT2D eigenvalue weighted by Gasteiger charge is 2.08. The number of aromatic nitrogens is 3. The summed E-state index contributed by atoms with van der Waals surface area (Å²) in [6.07, 6.45) is 1.72. The number of hydrogen-bond acceptors (Lipinski definition) is 4. The molecule has 0 aliphatic heterocycles. The van der Waals surface area contributed by atoms with Crippen LogP contribution in [0.25, 0.3) is 5.69 Å².